The lowest BCUT2D eigenvalue weighted by Crippen LogP contribution is -2.34. The molecule has 1 aliphatic heterocycles. The molecule has 6 nitrogen and oxygen atoms in total. The first kappa shape index (κ1) is 16.6. The van der Waals surface area contributed by atoms with Gasteiger partial charge in [-0.05, 0) is 24.3 Å². The van der Waals surface area contributed by atoms with E-state index in [2.05, 4.69) is 10.3 Å². The molecule has 2 heterocycles. The summed E-state index contributed by atoms with van der Waals surface area (Å²) in [6.07, 6.45) is 1.74. The molecule has 3 rings (SSSR count). The summed E-state index contributed by atoms with van der Waals surface area (Å²) in [5.74, 6) is 2.54. The number of nitrogens with zero attached hydrogens (tertiary/aromatic N) is 2. The van der Waals surface area contributed by atoms with E-state index in [1.165, 1.54) is 11.8 Å². The third-order valence-electron chi connectivity index (χ3n) is 3.67. The number of hydrogen-bond acceptors (Lipinski definition) is 5. The van der Waals surface area contributed by atoms with Gasteiger partial charge in [0.25, 0.3) is 0 Å². The summed E-state index contributed by atoms with van der Waals surface area (Å²) in [6, 6.07) is 7.30. The first-order chi connectivity index (χ1) is 11.5. The van der Waals surface area contributed by atoms with Crippen LogP contribution in [0.25, 0.3) is 11.5 Å². The maximum Gasteiger partial charge on any atom is 0.244 e. The number of carbonyl (C=O) groups excluding carboxylic acids is 2. The van der Waals surface area contributed by atoms with Crippen LogP contribution >= 0.6 is 11.8 Å². The second-order valence-corrected chi connectivity index (χ2v) is 6.87. The fourth-order valence-corrected chi connectivity index (χ4v) is 3.20. The molecule has 1 aromatic carbocycles. The maximum absolute atomic E-state index is 12.0. The van der Waals surface area contributed by atoms with E-state index >= 15 is 0 Å². The van der Waals surface area contributed by atoms with Gasteiger partial charge in [-0.2, -0.15) is 0 Å². The molecular weight excluding hydrogens is 326 g/mol. The maximum atomic E-state index is 12.0. The van der Waals surface area contributed by atoms with E-state index in [1.54, 1.807) is 23.2 Å². The van der Waals surface area contributed by atoms with E-state index in [-0.39, 0.29) is 24.3 Å². The van der Waals surface area contributed by atoms with Gasteiger partial charge in [-0.15, -0.1) is 11.8 Å². The van der Waals surface area contributed by atoms with Gasteiger partial charge in [-0.25, -0.2) is 4.98 Å². The molecule has 0 saturated carbocycles. The molecule has 2 amide bonds. The van der Waals surface area contributed by atoms with E-state index in [4.69, 9.17) is 4.42 Å². The minimum atomic E-state index is -0.197. The zero-order valence-corrected chi connectivity index (χ0v) is 14.4. The van der Waals surface area contributed by atoms with E-state index in [0.717, 1.165) is 11.3 Å². The number of nitrogens with one attached hydrogen (secondary N) is 1. The van der Waals surface area contributed by atoms with Crippen LogP contribution in [0, 0.1) is 0 Å². The van der Waals surface area contributed by atoms with Crippen LogP contribution in [-0.4, -0.2) is 39.9 Å². The van der Waals surface area contributed by atoms with Gasteiger partial charge in [0.15, 0.2) is 0 Å². The Bertz CT molecular complexity index is 740. The molecule has 1 aliphatic rings. The summed E-state index contributed by atoms with van der Waals surface area (Å²) in [6.45, 7) is 4.18. The van der Waals surface area contributed by atoms with Crippen LogP contribution in [-0.2, 0) is 9.59 Å². The highest BCUT2D eigenvalue weighted by Gasteiger charge is 2.22. The number of anilines is 1. The highest BCUT2D eigenvalue weighted by atomic mass is 32.2. The average Bonchev–Trinajstić information content (AvgIpc) is 3.18. The van der Waals surface area contributed by atoms with Crippen LogP contribution in [0.4, 0.5) is 5.69 Å². The fraction of sp³-hybridized carbons (Fsp3) is 0.353. The quantitative estimate of drug-likeness (QED) is 0.902. The lowest BCUT2D eigenvalue weighted by molar-refractivity contribution is -0.130. The predicted molar refractivity (Wildman–Crippen MR) is 93.7 cm³/mol. The van der Waals surface area contributed by atoms with Gasteiger partial charge in [-0.3, -0.25) is 9.59 Å². The van der Waals surface area contributed by atoms with Crippen molar-refractivity contribution >= 4 is 29.3 Å². The van der Waals surface area contributed by atoms with Crippen molar-refractivity contribution in [3.63, 3.8) is 0 Å². The van der Waals surface area contributed by atoms with Gasteiger partial charge < -0.3 is 14.6 Å². The molecule has 0 bridgehead atoms. The lowest BCUT2D eigenvalue weighted by Gasteiger charge is -2.14. The molecule has 1 N–H and O–H groups in total. The highest BCUT2D eigenvalue weighted by molar-refractivity contribution is 8.00. The van der Waals surface area contributed by atoms with Gasteiger partial charge in [0, 0.05) is 17.2 Å². The molecule has 0 aliphatic carbocycles. The summed E-state index contributed by atoms with van der Waals surface area (Å²) >= 11 is 1.52. The number of carbonyl (C=O) groups is 2. The second-order valence-electron chi connectivity index (χ2n) is 5.92. The number of oxazole rings is 1. The van der Waals surface area contributed by atoms with Crippen molar-refractivity contribution in [2.45, 2.75) is 19.8 Å². The van der Waals surface area contributed by atoms with Crippen molar-refractivity contribution in [3.05, 3.63) is 36.2 Å². The Hall–Kier alpha value is -2.28. The molecule has 1 aromatic heterocycles. The smallest absolute Gasteiger partial charge is 0.244 e. The van der Waals surface area contributed by atoms with Crippen molar-refractivity contribution in [1.82, 2.24) is 9.88 Å². The Labute approximate surface area is 144 Å². The Morgan fingerprint density at radius 2 is 2.12 bits per heavy atom. The van der Waals surface area contributed by atoms with Crippen molar-refractivity contribution in [2.24, 2.45) is 0 Å². The van der Waals surface area contributed by atoms with Crippen molar-refractivity contribution in [3.8, 4) is 11.5 Å². The number of benzene rings is 1. The first-order valence-electron chi connectivity index (χ1n) is 7.74. The summed E-state index contributed by atoms with van der Waals surface area (Å²) < 4.78 is 5.71. The molecule has 24 heavy (non-hydrogen) atoms. The Morgan fingerprint density at radius 1 is 1.38 bits per heavy atom. The zero-order chi connectivity index (χ0) is 17.1. The first-order valence-corrected chi connectivity index (χ1v) is 8.90. The van der Waals surface area contributed by atoms with Gasteiger partial charge in [0.1, 0.15) is 12.3 Å². The summed E-state index contributed by atoms with van der Waals surface area (Å²) in [4.78, 5) is 29.3. The van der Waals surface area contributed by atoms with E-state index in [1.807, 2.05) is 26.0 Å². The molecular formula is C17H19N3O3S. The largest absolute Gasteiger partial charge is 0.441 e. The summed E-state index contributed by atoms with van der Waals surface area (Å²) in [5.41, 5.74) is 1.53. The molecule has 1 fully saturated rings. The zero-order valence-electron chi connectivity index (χ0n) is 13.6. The Kier molecular flexibility index (Phi) is 4.89. The van der Waals surface area contributed by atoms with Crippen LogP contribution in [0.15, 0.2) is 34.9 Å². The van der Waals surface area contributed by atoms with Crippen LogP contribution in [0.5, 0.6) is 0 Å². The van der Waals surface area contributed by atoms with Crippen molar-refractivity contribution in [2.75, 3.05) is 23.5 Å². The van der Waals surface area contributed by atoms with Crippen LogP contribution in [0.3, 0.4) is 0 Å². The van der Waals surface area contributed by atoms with Crippen LogP contribution in [0.1, 0.15) is 25.5 Å². The Balaban J connectivity index is 1.61. The molecule has 0 radical (unpaired) electrons. The molecule has 7 heteroatoms. The molecule has 126 valence electrons. The lowest BCUT2D eigenvalue weighted by atomic mass is 10.2. The third-order valence-corrected chi connectivity index (χ3v) is 4.61. The molecule has 0 unspecified atom stereocenters. The standard InChI is InChI=1S/C17H19N3O3S/c1-11(2)14-7-18-17(23-14)12-3-5-13(6-4-12)19-15(21)8-20-10-24-9-16(20)22/h3-7,11H,8-10H2,1-2H3,(H,19,21). The van der Waals surface area contributed by atoms with E-state index < -0.39 is 0 Å². The number of hydrogen-bond donors (Lipinski definition) is 1. The van der Waals surface area contributed by atoms with Crippen LogP contribution in [0.2, 0.25) is 0 Å². The molecule has 2 aromatic rings. The molecule has 0 spiro atoms. The average molecular weight is 345 g/mol. The minimum Gasteiger partial charge on any atom is -0.441 e. The number of aromatic nitrogens is 1. The van der Waals surface area contributed by atoms with Gasteiger partial charge in [0.2, 0.25) is 17.7 Å². The molecule has 1 saturated heterocycles. The van der Waals surface area contributed by atoms with Crippen LogP contribution < -0.4 is 5.32 Å². The van der Waals surface area contributed by atoms with Gasteiger partial charge in [-0.1, -0.05) is 13.8 Å². The fourth-order valence-electron chi connectivity index (χ4n) is 2.30. The number of thioether (sulfide) groups is 1. The summed E-state index contributed by atoms with van der Waals surface area (Å²) in [5, 5.41) is 2.80. The van der Waals surface area contributed by atoms with E-state index in [0.29, 0.717) is 23.2 Å². The minimum absolute atomic E-state index is 0.00958. The monoisotopic (exact) mass is 345 g/mol. The number of amides is 2. The van der Waals surface area contributed by atoms with Gasteiger partial charge in [0.05, 0.1) is 17.8 Å². The third kappa shape index (κ3) is 3.79. The predicted octanol–water partition coefficient (Wildman–Crippen LogP) is 2.94. The second kappa shape index (κ2) is 7.09. The van der Waals surface area contributed by atoms with Crippen molar-refractivity contribution in [1.29, 1.82) is 0 Å². The normalized spacial score (nSPS) is 14.5. The number of rotatable bonds is 5. The summed E-state index contributed by atoms with van der Waals surface area (Å²) in [7, 11) is 0. The topological polar surface area (TPSA) is 75.4 Å². The Morgan fingerprint density at radius 3 is 2.71 bits per heavy atom. The SMILES string of the molecule is CC(C)c1cnc(-c2ccc(NC(=O)CN3CSCC3=O)cc2)o1. The van der Waals surface area contributed by atoms with E-state index in [9.17, 15) is 9.59 Å². The van der Waals surface area contributed by atoms with Gasteiger partial charge >= 0.3 is 0 Å². The van der Waals surface area contributed by atoms with Crippen molar-refractivity contribution < 1.29 is 14.0 Å². The highest BCUT2D eigenvalue weighted by Crippen LogP contribution is 2.24. The molecule has 0 atom stereocenters.